The van der Waals surface area contributed by atoms with Crippen molar-refractivity contribution in [3.8, 4) is 0 Å². The van der Waals surface area contributed by atoms with E-state index in [4.69, 9.17) is 5.14 Å². The highest BCUT2D eigenvalue weighted by atomic mass is 32.2. The number of thiazole rings is 1. The number of fused-ring (bicyclic) bond motifs is 2. The van der Waals surface area contributed by atoms with Gasteiger partial charge in [-0.25, -0.2) is 19.1 Å². The van der Waals surface area contributed by atoms with Crippen LogP contribution in [-0.4, -0.2) is 20.3 Å². The van der Waals surface area contributed by atoms with Crippen molar-refractivity contribution in [2.45, 2.75) is 68.6 Å². The van der Waals surface area contributed by atoms with E-state index in [0.717, 1.165) is 49.1 Å². The van der Waals surface area contributed by atoms with Crippen LogP contribution < -0.4 is 10.5 Å². The Kier molecular flexibility index (Phi) is 5.05. The lowest BCUT2D eigenvalue weighted by molar-refractivity contribution is 0.0783. The quantitative estimate of drug-likeness (QED) is 0.680. The third-order valence-electron chi connectivity index (χ3n) is 5.65. The SMILES string of the molecule is CC1CCc2c1cc1c(c2NC(=O)N=[S@](N)(=O)c2cnc(C(C)(C)O)s2)CCC1. The van der Waals surface area contributed by atoms with E-state index < -0.39 is 21.5 Å². The van der Waals surface area contributed by atoms with Crippen LogP contribution in [0.25, 0.3) is 0 Å². The first-order chi connectivity index (χ1) is 13.6. The zero-order chi connectivity index (χ0) is 21.0. The number of benzene rings is 1. The molecular formula is C20H26N4O3S2. The van der Waals surface area contributed by atoms with Crippen molar-refractivity contribution >= 4 is 33.0 Å². The number of carbonyl (C=O) groups excluding carboxylic acids is 1. The van der Waals surface area contributed by atoms with Crippen LogP contribution in [0.2, 0.25) is 0 Å². The van der Waals surface area contributed by atoms with Crippen LogP contribution in [0, 0.1) is 0 Å². The number of anilines is 1. The minimum atomic E-state index is -3.45. The number of hydrogen-bond donors (Lipinski definition) is 3. The summed E-state index contributed by atoms with van der Waals surface area (Å²) in [6, 6.07) is 1.58. The van der Waals surface area contributed by atoms with Crippen molar-refractivity contribution in [3.05, 3.63) is 39.5 Å². The van der Waals surface area contributed by atoms with Gasteiger partial charge in [0.15, 0.2) is 9.92 Å². The normalized spacial score (nSPS) is 20.1. The van der Waals surface area contributed by atoms with Crippen molar-refractivity contribution in [2.24, 2.45) is 9.50 Å². The average molecular weight is 435 g/mol. The lowest BCUT2D eigenvalue weighted by atomic mass is 9.96. The number of hydrogen-bond acceptors (Lipinski definition) is 5. The van der Waals surface area contributed by atoms with E-state index in [2.05, 4.69) is 27.7 Å². The lowest BCUT2D eigenvalue weighted by Gasteiger charge is -2.16. The zero-order valence-electron chi connectivity index (χ0n) is 16.8. The van der Waals surface area contributed by atoms with Gasteiger partial charge >= 0.3 is 6.03 Å². The molecule has 2 aromatic rings. The minimum Gasteiger partial charge on any atom is -0.383 e. The molecular weight excluding hydrogens is 408 g/mol. The summed E-state index contributed by atoms with van der Waals surface area (Å²) in [5.74, 6) is 0.472. The van der Waals surface area contributed by atoms with E-state index in [1.807, 2.05) is 0 Å². The molecule has 0 spiro atoms. The van der Waals surface area contributed by atoms with Gasteiger partial charge in [0.2, 0.25) is 0 Å². The van der Waals surface area contributed by atoms with Crippen molar-refractivity contribution in [1.82, 2.24) is 4.98 Å². The van der Waals surface area contributed by atoms with Gasteiger partial charge in [-0.3, -0.25) is 0 Å². The van der Waals surface area contributed by atoms with Gasteiger partial charge in [0.05, 0.1) is 6.20 Å². The summed E-state index contributed by atoms with van der Waals surface area (Å²) in [7, 11) is -3.45. The smallest absolute Gasteiger partial charge is 0.354 e. The number of nitrogens with zero attached hydrogens (tertiary/aromatic N) is 2. The van der Waals surface area contributed by atoms with Gasteiger partial charge in [0.1, 0.15) is 14.8 Å². The first-order valence-electron chi connectivity index (χ1n) is 9.78. The van der Waals surface area contributed by atoms with E-state index in [9.17, 15) is 14.1 Å². The van der Waals surface area contributed by atoms with Crippen LogP contribution >= 0.6 is 11.3 Å². The molecule has 1 aromatic carbocycles. The molecule has 0 radical (unpaired) electrons. The summed E-state index contributed by atoms with van der Waals surface area (Å²) in [6.45, 7) is 5.37. The van der Waals surface area contributed by atoms with Gasteiger partial charge in [0.25, 0.3) is 0 Å². The largest absolute Gasteiger partial charge is 0.383 e. The molecule has 156 valence electrons. The Morgan fingerprint density at radius 1 is 1.38 bits per heavy atom. The highest BCUT2D eigenvalue weighted by Crippen LogP contribution is 2.43. The molecule has 1 heterocycles. The fourth-order valence-corrected chi connectivity index (χ4v) is 6.23. The Morgan fingerprint density at radius 2 is 2.14 bits per heavy atom. The second kappa shape index (κ2) is 7.16. The molecule has 1 aromatic heterocycles. The molecule has 4 rings (SSSR count). The van der Waals surface area contributed by atoms with Gasteiger partial charge in [-0.15, -0.1) is 15.7 Å². The highest BCUT2D eigenvalue weighted by molar-refractivity contribution is 7.93. The fourth-order valence-electron chi connectivity index (χ4n) is 4.16. The van der Waals surface area contributed by atoms with E-state index >= 15 is 0 Å². The number of aryl methyl sites for hydroxylation is 1. The molecule has 2 aliphatic carbocycles. The second-order valence-electron chi connectivity index (χ2n) is 8.38. The number of carbonyl (C=O) groups is 1. The molecule has 29 heavy (non-hydrogen) atoms. The number of aromatic nitrogens is 1. The molecule has 2 aliphatic rings. The maximum atomic E-state index is 12.9. The van der Waals surface area contributed by atoms with Crippen LogP contribution in [0.15, 0.2) is 20.8 Å². The van der Waals surface area contributed by atoms with Gasteiger partial charge in [-0.05, 0) is 74.1 Å². The topological polar surface area (TPSA) is 118 Å². The van der Waals surface area contributed by atoms with Crippen LogP contribution in [0.1, 0.15) is 66.8 Å². The van der Waals surface area contributed by atoms with Gasteiger partial charge in [-0.2, -0.15) is 0 Å². The summed E-state index contributed by atoms with van der Waals surface area (Å²) < 4.78 is 16.8. The number of amides is 2. The molecule has 4 N–H and O–H groups in total. The van der Waals surface area contributed by atoms with Crippen molar-refractivity contribution in [1.29, 1.82) is 0 Å². The number of nitrogens with one attached hydrogen (secondary N) is 1. The molecule has 7 nitrogen and oxygen atoms in total. The Hall–Kier alpha value is -1.81. The highest BCUT2D eigenvalue weighted by Gasteiger charge is 2.29. The molecule has 9 heteroatoms. The average Bonchev–Trinajstić information content (AvgIpc) is 3.33. The van der Waals surface area contributed by atoms with Crippen molar-refractivity contribution in [3.63, 3.8) is 0 Å². The second-order valence-corrected chi connectivity index (χ2v) is 11.4. The predicted molar refractivity (Wildman–Crippen MR) is 115 cm³/mol. The Morgan fingerprint density at radius 3 is 2.83 bits per heavy atom. The lowest BCUT2D eigenvalue weighted by Crippen LogP contribution is -2.18. The minimum absolute atomic E-state index is 0.168. The van der Waals surface area contributed by atoms with Gasteiger partial charge in [0, 0.05) is 5.69 Å². The molecule has 0 bridgehead atoms. The molecule has 2 amide bonds. The standard InChI is InChI=1S/C20H26N4O3S2/c1-11-7-8-14-15(11)9-12-5-4-6-13(12)17(14)23-19(25)24-29(21,27)16-10-22-18(28-16)20(2,3)26/h9-11,26H,4-8H2,1-3H3,(H3,21,23,24,25,27)/t11?,29-/m0/s1. The third-order valence-corrected chi connectivity index (χ3v) is 8.84. The Balaban J connectivity index is 1.66. The zero-order valence-corrected chi connectivity index (χ0v) is 18.5. The number of rotatable bonds is 3. The van der Waals surface area contributed by atoms with Crippen molar-refractivity contribution < 1.29 is 14.1 Å². The number of urea groups is 1. The Bertz CT molecular complexity index is 1110. The summed E-state index contributed by atoms with van der Waals surface area (Å²) in [6.07, 6.45) is 6.31. The Labute approximate surface area is 175 Å². The van der Waals surface area contributed by atoms with E-state index in [0.29, 0.717) is 10.9 Å². The fraction of sp³-hybridized carbons (Fsp3) is 0.500. The monoisotopic (exact) mass is 434 g/mol. The molecule has 0 fully saturated rings. The number of aliphatic hydroxyl groups is 1. The first-order valence-corrected chi connectivity index (χ1v) is 12.2. The molecule has 0 saturated heterocycles. The summed E-state index contributed by atoms with van der Waals surface area (Å²) in [5.41, 5.74) is 4.59. The maximum Gasteiger partial charge on any atom is 0.354 e. The van der Waals surface area contributed by atoms with E-state index in [1.165, 1.54) is 28.5 Å². The van der Waals surface area contributed by atoms with Crippen LogP contribution in [0.4, 0.5) is 10.5 Å². The summed E-state index contributed by atoms with van der Waals surface area (Å²) in [5, 5.41) is 19.2. The van der Waals surface area contributed by atoms with Crippen LogP contribution in [0.5, 0.6) is 0 Å². The third kappa shape index (κ3) is 3.84. The number of nitrogens with two attached hydrogens (primary N) is 1. The molecule has 0 saturated carbocycles. The van der Waals surface area contributed by atoms with E-state index in [1.54, 1.807) is 13.8 Å². The molecule has 0 aliphatic heterocycles. The molecule has 1 unspecified atom stereocenters. The van der Waals surface area contributed by atoms with Crippen molar-refractivity contribution in [2.75, 3.05) is 5.32 Å². The molecule has 2 atom stereocenters. The first kappa shape index (κ1) is 20.5. The van der Waals surface area contributed by atoms with E-state index in [-0.39, 0.29) is 4.21 Å². The van der Waals surface area contributed by atoms with Gasteiger partial charge in [-0.1, -0.05) is 13.0 Å². The van der Waals surface area contributed by atoms with Gasteiger partial charge < -0.3 is 10.4 Å². The van der Waals surface area contributed by atoms with Crippen LogP contribution in [0.3, 0.4) is 0 Å². The summed E-state index contributed by atoms with van der Waals surface area (Å²) >= 11 is 1.00. The summed E-state index contributed by atoms with van der Waals surface area (Å²) in [4.78, 5) is 16.7. The van der Waals surface area contributed by atoms with Crippen LogP contribution in [-0.2, 0) is 34.8 Å². The maximum absolute atomic E-state index is 12.9. The predicted octanol–water partition coefficient (Wildman–Crippen LogP) is 3.84.